The van der Waals surface area contributed by atoms with Crippen molar-refractivity contribution < 1.29 is 5.11 Å². The second-order valence-corrected chi connectivity index (χ2v) is 5.27. The second kappa shape index (κ2) is 3.72. The van der Waals surface area contributed by atoms with Crippen LogP contribution in [0.25, 0.3) is 10.9 Å². The average molecular weight is 249 g/mol. The molecule has 1 aliphatic carbocycles. The summed E-state index contributed by atoms with van der Waals surface area (Å²) in [6, 6.07) is 16.3. The summed E-state index contributed by atoms with van der Waals surface area (Å²) in [5.41, 5.74) is 3.54. The van der Waals surface area contributed by atoms with Gasteiger partial charge in [-0.1, -0.05) is 42.5 Å². The molecule has 0 saturated heterocycles. The van der Waals surface area contributed by atoms with E-state index in [4.69, 9.17) is 0 Å². The number of nitrogens with one attached hydrogen (secondary N) is 1. The minimum Gasteiger partial charge on any atom is -0.380 e. The first-order chi connectivity index (χ1) is 9.29. The maximum atomic E-state index is 11.2. The minimum atomic E-state index is -0.851. The van der Waals surface area contributed by atoms with E-state index in [0.29, 0.717) is 0 Å². The highest BCUT2D eigenvalue weighted by atomic mass is 16.3. The standard InChI is InChI=1S/C17H15NO/c19-17(10-9-12-5-1-3-7-14(12)17)15-11-18-16-8-4-2-6-13(15)16/h1-8,11,18-19H,9-10H2. The van der Waals surface area contributed by atoms with E-state index in [1.54, 1.807) is 0 Å². The van der Waals surface area contributed by atoms with Gasteiger partial charge >= 0.3 is 0 Å². The van der Waals surface area contributed by atoms with Gasteiger partial charge < -0.3 is 10.1 Å². The van der Waals surface area contributed by atoms with Gasteiger partial charge in [0.15, 0.2) is 0 Å². The Kier molecular flexibility index (Phi) is 2.12. The Balaban J connectivity index is 1.98. The van der Waals surface area contributed by atoms with E-state index < -0.39 is 5.60 Å². The largest absolute Gasteiger partial charge is 0.380 e. The third kappa shape index (κ3) is 1.41. The Labute approximate surface area is 111 Å². The van der Waals surface area contributed by atoms with Gasteiger partial charge in [-0.05, 0) is 30.0 Å². The highest BCUT2D eigenvalue weighted by Gasteiger charge is 2.39. The molecule has 3 aromatic rings. The van der Waals surface area contributed by atoms with Crippen molar-refractivity contribution in [3.05, 3.63) is 71.4 Å². The number of aromatic amines is 1. The van der Waals surface area contributed by atoms with E-state index in [1.165, 1.54) is 5.56 Å². The van der Waals surface area contributed by atoms with Crippen LogP contribution in [0.3, 0.4) is 0 Å². The van der Waals surface area contributed by atoms with Crippen molar-refractivity contribution in [3.8, 4) is 0 Å². The summed E-state index contributed by atoms with van der Waals surface area (Å²) in [7, 11) is 0. The summed E-state index contributed by atoms with van der Waals surface area (Å²) in [5, 5.41) is 12.3. The summed E-state index contributed by atoms with van der Waals surface area (Å²) < 4.78 is 0. The highest BCUT2D eigenvalue weighted by molar-refractivity contribution is 5.84. The second-order valence-electron chi connectivity index (χ2n) is 5.27. The lowest BCUT2D eigenvalue weighted by molar-refractivity contribution is 0.0845. The van der Waals surface area contributed by atoms with Crippen molar-refractivity contribution in [3.63, 3.8) is 0 Å². The lowest BCUT2D eigenvalue weighted by Crippen LogP contribution is -2.23. The number of hydrogen-bond acceptors (Lipinski definition) is 1. The first-order valence-corrected chi connectivity index (χ1v) is 6.66. The van der Waals surface area contributed by atoms with Crippen molar-refractivity contribution in [2.45, 2.75) is 18.4 Å². The number of aromatic nitrogens is 1. The van der Waals surface area contributed by atoms with Crippen LogP contribution in [0.1, 0.15) is 23.1 Å². The molecule has 94 valence electrons. The van der Waals surface area contributed by atoms with Crippen LogP contribution < -0.4 is 0 Å². The van der Waals surface area contributed by atoms with Gasteiger partial charge in [0, 0.05) is 22.7 Å². The molecule has 0 amide bonds. The fraction of sp³-hybridized carbons (Fsp3) is 0.176. The van der Waals surface area contributed by atoms with Crippen molar-refractivity contribution in [1.29, 1.82) is 0 Å². The highest BCUT2D eigenvalue weighted by Crippen LogP contribution is 2.44. The topological polar surface area (TPSA) is 36.0 Å². The molecule has 2 N–H and O–H groups in total. The van der Waals surface area contributed by atoms with E-state index in [9.17, 15) is 5.11 Å². The van der Waals surface area contributed by atoms with Crippen molar-refractivity contribution in [1.82, 2.24) is 4.98 Å². The predicted octanol–water partition coefficient (Wildman–Crippen LogP) is 3.35. The number of aryl methyl sites for hydroxylation is 1. The van der Waals surface area contributed by atoms with Gasteiger partial charge in [-0.25, -0.2) is 0 Å². The van der Waals surface area contributed by atoms with Crippen molar-refractivity contribution >= 4 is 10.9 Å². The van der Waals surface area contributed by atoms with E-state index in [0.717, 1.165) is 34.9 Å². The van der Waals surface area contributed by atoms with Gasteiger partial charge in [0.1, 0.15) is 5.60 Å². The number of H-pyrrole nitrogens is 1. The normalized spacial score (nSPS) is 21.7. The molecule has 0 radical (unpaired) electrons. The van der Waals surface area contributed by atoms with Crippen LogP contribution in [0, 0.1) is 0 Å². The third-order valence-corrected chi connectivity index (χ3v) is 4.25. The van der Waals surface area contributed by atoms with Crippen LogP contribution in [0.5, 0.6) is 0 Å². The molecular formula is C17H15NO. The Bertz CT molecular complexity index is 759. The Morgan fingerprint density at radius 2 is 1.74 bits per heavy atom. The third-order valence-electron chi connectivity index (χ3n) is 4.25. The van der Waals surface area contributed by atoms with Crippen LogP contribution in [0.2, 0.25) is 0 Å². The first-order valence-electron chi connectivity index (χ1n) is 6.66. The average Bonchev–Trinajstić information content (AvgIpc) is 3.02. The maximum Gasteiger partial charge on any atom is 0.117 e. The first kappa shape index (κ1) is 10.8. The smallest absolute Gasteiger partial charge is 0.117 e. The summed E-state index contributed by atoms with van der Waals surface area (Å²) >= 11 is 0. The van der Waals surface area contributed by atoms with Crippen LogP contribution in [-0.2, 0) is 12.0 Å². The van der Waals surface area contributed by atoms with Crippen molar-refractivity contribution in [2.24, 2.45) is 0 Å². The zero-order valence-electron chi connectivity index (χ0n) is 10.6. The number of benzene rings is 2. The molecule has 0 aliphatic heterocycles. The van der Waals surface area contributed by atoms with Gasteiger partial charge in [0.25, 0.3) is 0 Å². The van der Waals surface area contributed by atoms with E-state index in [-0.39, 0.29) is 0 Å². The summed E-state index contributed by atoms with van der Waals surface area (Å²) in [5.74, 6) is 0. The molecule has 1 aromatic heterocycles. The molecule has 2 heteroatoms. The molecule has 1 heterocycles. The summed E-state index contributed by atoms with van der Waals surface area (Å²) in [6.07, 6.45) is 3.65. The number of hydrogen-bond donors (Lipinski definition) is 2. The number of aliphatic hydroxyl groups is 1. The quantitative estimate of drug-likeness (QED) is 0.681. The van der Waals surface area contributed by atoms with Gasteiger partial charge in [-0.2, -0.15) is 0 Å². The van der Waals surface area contributed by atoms with Crippen LogP contribution in [-0.4, -0.2) is 10.1 Å². The Hall–Kier alpha value is -2.06. The van der Waals surface area contributed by atoms with Crippen molar-refractivity contribution in [2.75, 3.05) is 0 Å². The van der Waals surface area contributed by atoms with E-state index in [2.05, 4.69) is 17.1 Å². The summed E-state index contributed by atoms with van der Waals surface area (Å²) in [6.45, 7) is 0. The number of para-hydroxylation sites is 1. The van der Waals surface area contributed by atoms with Gasteiger partial charge in [-0.3, -0.25) is 0 Å². The van der Waals surface area contributed by atoms with E-state index >= 15 is 0 Å². The Morgan fingerprint density at radius 1 is 0.947 bits per heavy atom. The van der Waals surface area contributed by atoms with E-state index in [1.807, 2.05) is 42.6 Å². The maximum absolute atomic E-state index is 11.2. The molecule has 2 aromatic carbocycles. The molecule has 0 bridgehead atoms. The van der Waals surface area contributed by atoms with Crippen LogP contribution in [0.15, 0.2) is 54.7 Å². The molecule has 0 saturated carbocycles. The fourth-order valence-corrected chi connectivity index (χ4v) is 3.29. The molecule has 1 atom stereocenters. The zero-order chi connectivity index (χ0) is 12.9. The molecule has 4 rings (SSSR count). The van der Waals surface area contributed by atoms with Gasteiger partial charge in [-0.15, -0.1) is 0 Å². The molecular weight excluding hydrogens is 234 g/mol. The number of fused-ring (bicyclic) bond motifs is 2. The monoisotopic (exact) mass is 249 g/mol. The fourth-order valence-electron chi connectivity index (χ4n) is 3.29. The molecule has 0 spiro atoms. The SMILES string of the molecule is OC1(c2c[nH]c3ccccc23)CCc2ccccc21. The lowest BCUT2D eigenvalue weighted by atomic mass is 9.88. The molecule has 2 nitrogen and oxygen atoms in total. The molecule has 0 fully saturated rings. The van der Waals surface area contributed by atoms with Crippen LogP contribution >= 0.6 is 0 Å². The molecule has 1 unspecified atom stereocenters. The number of rotatable bonds is 1. The zero-order valence-corrected chi connectivity index (χ0v) is 10.6. The molecule has 19 heavy (non-hydrogen) atoms. The van der Waals surface area contributed by atoms with Gasteiger partial charge in [0.05, 0.1) is 0 Å². The summed E-state index contributed by atoms with van der Waals surface area (Å²) in [4.78, 5) is 3.26. The predicted molar refractivity (Wildman–Crippen MR) is 76.1 cm³/mol. The Morgan fingerprint density at radius 3 is 2.68 bits per heavy atom. The minimum absolute atomic E-state index is 0.758. The van der Waals surface area contributed by atoms with Crippen LogP contribution in [0.4, 0.5) is 0 Å². The lowest BCUT2D eigenvalue weighted by Gasteiger charge is -2.23. The molecule has 1 aliphatic rings. The van der Waals surface area contributed by atoms with Gasteiger partial charge in [0.2, 0.25) is 0 Å².